The summed E-state index contributed by atoms with van der Waals surface area (Å²) in [7, 11) is 1.87. The summed E-state index contributed by atoms with van der Waals surface area (Å²) in [5.41, 5.74) is 11.1. The number of hydrogen-bond donors (Lipinski definition) is 2. The number of pyridine rings is 1. The van der Waals surface area contributed by atoms with Gasteiger partial charge in [-0.05, 0) is 90.6 Å². The molecule has 1 saturated carbocycles. The van der Waals surface area contributed by atoms with E-state index in [0.717, 1.165) is 53.5 Å². The molecule has 7 heteroatoms. The zero-order chi connectivity index (χ0) is 25.9. The monoisotopic (exact) mass is 504 g/mol. The summed E-state index contributed by atoms with van der Waals surface area (Å²) >= 11 is 1.64. The van der Waals surface area contributed by atoms with Crippen molar-refractivity contribution in [2.45, 2.75) is 64.5 Å². The third-order valence-electron chi connectivity index (χ3n) is 7.28. The standard InChI is InChI=1S/C29H36N4O2S/c1-19(34)33(4)24-11-5-20(6-12-24)15-28(35)32-27-16-25(22-13-14-36-18-22)26(17-31-27)21-7-9-23(10-8-21)29(2,3)30/h7-10,13-14,16-18,20,24H,5-6,11-12,15,30H2,1-4H3,(H,31,32,35)/t20-,24-. The van der Waals surface area contributed by atoms with Crippen LogP contribution in [0.15, 0.2) is 53.4 Å². The van der Waals surface area contributed by atoms with Gasteiger partial charge in [-0.25, -0.2) is 4.98 Å². The average Bonchev–Trinajstić information content (AvgIpc) is 3.38. The number of carbonyl (C=O) groups is 2. The Bertz CT molecular complexity index is 1190. The minimum atomic E-state index is -0.399. The molecular weight excluding hydrogens is 468 g/mol. The van der Waals surface area contributed by atoms with E-state index in [2.05, 4.69) is 51.4 Å². The summed E-state index contributed by atoms with van der Waals surface area (Å²) < 4.78 is 0. The second kappa shape index (κ2) is 10.9. The van der Waals surface area contributed by atoms with Crippen molar-refractivity contribution in [3.8, 4) is 22.3 Å². The lowest BCUT2D eigenvalue weighted by Gasteiger charge is -2.34. The van der Waals surface area contributed by atoms with Gasteiger partial charge in [0.25, 0.3) is 0 Å². The van der Waals surface area contributed by atoms with E-state index in [1.165, 1.54) is 0 Å². The maximum Gasteiger partial charge on any atom is 0.225 e. The number of carbonyl (C=O) groups excluding carboxylic acids is 2. The third kappa shape index (κ3) is 6.20. The van der Waals surface area contributed by atoms with Crippen LogP contribution in [0.2, 0.25) is 0 Å². The van der Waals surface area contributed by atoms with Crippen LogP contribution in [-0.2, 0) is 15.1 Å². The predicted molar refractivity (Wildman–Crippen MR) is 148 cm³/mol. The summed E-state index contributed by atoms with van der Waals surface area (Å²) in [5, 5.41) is 7.19. The van der Waals surface area contributed by atoms with E-state index in [0.29, 0.717) is 18.2 Å². The molecule has 3 aromatic rings. The van der Waals surface area contributed by atoms with Crippen LogP contribution in [0.1, 0.15) is 58.4 Å². The first-order valence-corrected chi connectivity index (χ1v) is 13.5. The molecule has 0 bridgehead atoms. The van der Waals surface area contributed by atoms with Crippen LogP contribution >= 0.6 is 11.3 Å². The summed E-state index contributed by atoms with van der Waals surface area (Å²) in [4.78, 5) is 30.9. The van der Waals surface area contributed by atoms with Crippen LogP contribution in [0.5, 0.6) is 0 Å². The van der Waals surface area contributed by atoms with Gasteiger partial charge in [0.2, 0.25) is 11.8 Å². The van der Waals surface area contributed by atoms with Gasteiger partial charge in [-0.2, -0.15) is 11.3 Å². The first-order chi connectivity index (χ1) is 17.1. The minimum absolute atomic E-state index is 0.00980. The van der Waals surface area contributed by atoms with Crippen molar-refractivity contribution in [1.82, 2.24) is 9.88 Å². The fourth-order valence-electron chi connectivity index (χ4n) is 4.94. The molecule has 1 fully saturated rings. The summed E-state index contributed by atoms with van der Waals surface area (Å²) in [6, 6.07) is 12.6. The molecule has 190 valence electrons. The van der Waals surface area contributed by atoms with Gasteiger partial charge in [-0.3, -0.25) is 9.59 Å². The van der Waals surface area contributed by atoms with Crippen molar-refractivity contribution in [1.29, 1.82) is 0 Å². The van der Waals surface area contributed by atoms with Crippen LogP contribution < -0.4 is 11.1 Å². The Balaban J connectivity index is 1.47. The molecule has 1 aliphatic carbocycles. The van der Waals surface area contributed by atoms with Gasteiger partial charge in [0.1, 0.15) is 5.82 Å². The number of aromatic nitrogens is 1. The Hall–Kier alpha value is -3.03. The van der Waals surface area contributed by atoms with E-state index in [4.69, 9.17) is 5.73 Å². The number of benzene rings is 1. The van der Waals surface area contributed by atoms with Crippen LogP contribution in [0.25, 0.3) is 22.3 Å². The first-order valence-electron chi connectivity index (χ1n) is 12.6. The molecule has 0 unspecified atom stereocenters. The fourth-order valence-corrected chi connectivity index (χ4v) is 5.60. The van der Waals surface area contributed by atoms with Gasteiger partial charge in [0.05, 0.1) is 0 Å². The number of hydrogen-bond acceptors (Lipinski definition) is 5. The Morgan fingerprint density at radius 2 is 1.78 bits per heavy atom. The maximum absolute atomic E-state index is 12.9. The lowest BCUT2D eigenvalue weighted by atomic mass is 9.83. The smallest absolute Gasteiger partial charge is 0.225 e. The zero-order valence-corrected chi connectivity index (χ0v) is 22.4. The van der Waals surface area contributed by atoms with Crippen molar-refractivity contribution >= 4 is 29.0 Å². The molecule has 0 aliphatic heterocycles. The molecule has 3 N–H and O–H groups in total. The molecule has 2 amide bonds. The van der Waals surface area contributed by atoms with Gasteiger partial charge in [-0.15, -0.1) is 0 Å². The lowest BCUT2D eigenvalue weighted by molar-refractivity contribution is -0.130. The predicted octanol–water partition coefficient (Wildman–Crippen LogP) is 6.04. The second-order valence-electron chi connectivity index (χ2n) is 10.5. The minimum Gasteiger partial charge on any atom is -0.343 e. The molecule has 2 heterocycles. The van der Waals surface area contributed by atoms with Crippen molar-refractivity contribution in [2.24, 2.45) is 11.7 Å². The molecule has 0 spiro atoms. The van der Waals surface area contributed by atoms with Gasteiger partial charge in [0, 0.05) is 43.7 Å². The Morgan fingerprint density at radius 3 is 2.36 bits per heavy atom. The fraction of sp³-hybridized carbons (Fsp3) is 0.414. The number of nitrogens with zero attached hydrogens (tertiary/aromatic N) is 2. The van der Waals surface area contributed by atoms with E-state index in [-0.39, 0.29) is 17.9 Å². The highest BCUT2D eigenvalue weighted by molar-refractivity contribution is 7.08. The van der Waals surface area contributed by atoms with Gasteiger partial charge < -0.3 is 16.0 Å². The lowest BCUT2D eigenvalue weighted by Crippen LogP contribution is -2.38. The number of rotatable bonds is 7. The summed E-state index contributed by atoms with van der Waals surface area (Å²) in [6.07, 6.45) is 6.13. The molecular formula is C29H36N4O2S. The largest absolute Gasteiger partial charge is 0.343 e. The van der Waals surface area contributed by atoms with E-state index in [1.54, 1.807) is 18.3 Å². The third-order valence-corrected chi connectivity index (χ3v) is 7.96. The highest BCUT2D eigenvalue weighted by atomic mass is 32.1. The number of nitrogens with two attached hydrogens (primary N) is 1. The Labute approximate surface area is 217 Å². The van der Waals surface area contributed by atoms with Crippen molar-refractivity contribution < 1.29 is 9.59 Å². The van der Waals surface area contributed by atoms with Crippen molar-refractivity contribution in [3.05, 3.63) is 58.9 Å². The van der Waals surface area contributed by atoms with Crippen LogP contribution in [0.3, 0.4) is 0 Å². The number of amides is 2. The molecule has 1 aromatic carbocycles. The zero-order valence-electron chi connectivity index (χ0n) is 21.6. The van der Waals surface area contributed by atoms with Gasteiger partial charge in [-0.1, -0.05) is 24.3 Å². The quantitative estimate of drug-likeness (QED) is 0.411. The van der Waals surface area contributed by atoms with E-state index in [9.17, 15) is 9.59 Å². The molecule has 0 radical (unpaired) electrons. The highest BCUT2D eigenvalue weighted by Gasteiger charge is 2.26. The highest BCUT2D eigenvalue weighted by Crippen LogP contribution is 2.35. The summed E-state index contributed by atoms with van der Waals surface area (Å²) in [5.74, 6) is 0.993. The van der Waals surface area contributed by atoms with E-state index >= 15 is 0 Å². The molecule has 0 saturated heterocycles. The van der Waals surface area contributed by atoms with Crippen LogP contribution in [0, 0.1) is 5.92 Å². The molecule has 6 nitrogen and oxygen atoms in total. The molecule has 36 heavy (non-hydrogen) atoms. The van der Waals surface area contributed by atoms with E-state index < -0.39 is 5.54 Å². The normalized spacial score (nSPS) is 18.0. The Morgan fingerprint density at radius 1 is 1.08 bits per heavy atom. The number of nitrogens with one attached hydrogen (secondary N) is 1. The van der Waals surface area contributed by atoms with Crippen molar-refractivity contribution in [3.63, 3.8) is 0 Å². The van der Waals surface area contributed by atoms with Crippen LogP contribution in [-0.4, -0.2) is 34.8 Å². The maximum atomic E-state index is 12.9. The number of anilines is 1. The van der Waals surface area contributed by atoms with Gasteiger partial charge in [0.15, 0.2) is 0 Å². The topological polar surface area (TPSA) is 88.3 Å². The molecule has 2 aromatic heterocycles. The molecule has 4 rings (SSSR count). The SMILES string of the molecule is CC(=O)N(C)[C@H]1CC[C@H](CC(=O)Nc2cc(-c3ccsc3)c(-c3ccc(C(C)(C)N)cc3)cn2)CC1. The van der Waals surface area contributed by atoms with Gasteiger partial charge >= 0.3 is 0 Å². The average molecular weight is 505 g/mol. The Kier molecular flexibility index (Phi) is 7.91. The number of thiophene rings is 1. The van der Waals surface area contributed by atoms with E-state index in [1.807, 2.05) is 38.1 Å². The molecule has 1 aliphatic rings. The summed E-state index contributed by atoms with van der Waals surface area (Å²) in [6.45, 7) is 5.60. The van der Waals surface area contributed by atoms with Crippen molar-refractivity contribution in [2.75, 3.05) is 12.4 Å². The van der Waals surface area contributed by atoms with Crippen LogP contribution in [0.4, 0.5) is 5.82 Å². The molecule has 0 atom stereocenters. The second-order valence-corrected chi connectivity index (χ2v) is 11.3. The first kappa shape index (κ1) is 26.0.